The topological polar surface area (TPSA) is 39.3 Å². The largest absolute Gasteiger partial charge is 0.353 e. The van der Waals surface area contributed by atoms with Gasteiger partial charge in [-0.15, -0.1) is 9.24 Å². The van der Waals surface area contributed by atoms with Crippen molar-refractivity contribution >= 4 is 74.1 Å². The van der Waals surface area contributed by atoms with Crippen LogP contribution in [0, 0.1) is 0 Å². The molecule has 11 aromatic rings. The number of nitrogens with one attached hydrogen (secondary N) is 3. The van der Waals surface area contributed by atoms with Gasteiger partial charge in [0.05, 0.1) is 22.7 Å². The molecule has 2 atom stereocenters. The monoisotopic (exact) mass is 964 g/mol. The lowest BCUT2D eigenvalue weighted by Gasteiger charge is -2.31. The van der Waals surface area contributed by atoms with Gasteiger partial charge in [-0.25, -0.2) is 0 Å². The van der Waals surface area contributed by atoms with Gasteiger partial charge >= 0.3 is 0 Å². The molecule has 348 valence electrons. The van der Waals surface area contributed by atoms with E-state index in [1.165, 1.54) is 38.4 Å². The molecule has 2 unspecified atom stereocenters. The fraction of sp³-hybridized carbons (Fsp3) is 0. The molecule has 0 aromatic heterocycles. The Hall–Kier alpha value is -8.52. The minimum atomic E-state index is 0.383. The van der Waals surface area contributed by atoms with Gasteiger partial charge in [0.2, 0.25) is 0 Å². The smallest absolute Gasteiger partial charge is 0.0770 e. The van der Waals surface area contributed by atoms with Crippen molar-refractivity contribution in [3.63, 3.8) is 0 Å². The third kappa shape index (κ3) is 11.6. The molecule has 0 bridgehead atoms. The molecule has 0 amide bonds. The van der Waals surface area contributed by atoms with Gasteiger partial charge in [-0.1, -0.05) is 243 Å². The van der Waals surface area contributed by atoms with E-state index in [2.05, 4.69) is 309 Å². The molecular weight excluding hydrogens is 911 g/mol. The molecule has 0 aliphatic rings. The minimum absolute atomic E-state index is 0.383. The summed E-state index contributed by atoms with van der Waals surface area (Å²) in [6.45, 7) is 0. The molecule has 0 spiro atoms. The van der Waals surface area contributed by atoms with Crippen molar-refractivity contribution in [2.75, 3.05) is 20.6 Å². The molecule has 0 aliphatic heterocycles. The number of benzene rings is 11. The summed E-state index contributed by atoms with van der Waals surface area (Å²) >= 11 is 0. The summed E-state index contributed by atoms with van der Waals surface area (Å²) in [4.78, 5) is 0. The molecule has 11 aromatic carbocycles. The number of rotatable bonds is 14. The van der Waals surface area contributed by atoms with Crippen LogP contribution in [0.4, 0.5) is 45.5 Å². The number of nitrogens with zero attached hydrogens (tertiary/aromatic N) is 1. The first-order valence-corrected chi connectivity index (χ1v) is 25.7. The zero-order valence-electron chi connectivity index (χ0n) is 39.7. The van der Waals surface area contributed by atoms with E-state index in [0.29, 0.717) is 8.73 Å². The van der Waals surface area contributed by atoms with Gasteiger partial charge in [-0.3, -0.25) is 0 Å². The Labute approximate surface area is 428 Å². The molecule has 0 saturated heterocycles. The zero-order chi connectivity index (χ0) is 48.7. The maximum Gasteiger partial charge on any atom is 0.0770 e. The lowest BCUT2D eigenvalue weighted by Crippen LogP contribution is -2.14. The van der Waals surface area contributed by atoms with Crippen LogP contribution < -0.4 is 31.2 Å². The van der Waals surface area contributed by atoms with Crippen LogP contribution in [0.3, 0.4) is 0 Å². The van der Waals surface area contributed by atoms with E-state index in [0.717, 1.165) is 62.2 Å². The molecular formula is C66H54N4P2. The van der Waals surface area contributed by atoms with Gasteiger partial charge in [0.15, 0.2) is 0 Å². The Morgan fingerprint density at radius 2 is 0.569 bits per heavy atom. The molecule has 0 heterocycles. The molecule has 0 saturated carbocycles. The summed E-state index contributed by atoms with van der Waals surface area (Å²) in [5.74, 6) is 0. The average molecular weight is 965 g/mol. The summed E-state index contributed by atoms with van der Waals surface area (Å²) in [7, 11) is 3.18. The minimum Gasteiger partial charge on any atom is -0.353 e. The van der Waals surface area contributed by atoms with E-state index in [9.17, 15) is 0 Å². The third-order valence-corrected chi connectivity index (χ3v) is 13.9. The predicted octanol–water partition coefficient (Wildman–Crippen LogP) is 17.8. The van der Waals surface area contributed by atoms with E-state index in [1.54, 1.807) is 0 Å². The van der Waals surface area contributed by atoms with Crippen LogP contribution in [0.15, 0.2) is 291 Å². The van der Waals surface area contributed by atoms with E-state index in [4.69, 9.17) is 0 Å². The number of hydrogen-bond donors (Lipinski definition) is 3. The normalized spacial score (nSPS) is 10.8. The van der Waals surface area contributed by atoms with E-state index in [1.807, 2.05) is 12.1 Å². The molecule has 11 rings (SSSR count). The highest BCUT2D eigenvalue weighted by atomic mass is 31.1. The molecule has 0 radical (unpaired) electrons. The Morgan fingerprint density at radius 1 is 0.278 bits per heavy atom. The Balaban J connectivity index is 0.000000170. The highest BCUT2D eigenvalue weighted by Crippen LogP contribution is 2.51. The third-order valence-electron chi connectivity index (χ3n) is 12.2. The average Bonchev–Trinajstić information content (AvgIpc) is 3.45. The second-order valence-corrected chi connectivity index (χ2v) is 19.1. The summed E-state index contributed by atoms with van der Waals surface area (Å²) in [6.07, 6.45) is 0. The van der Waals surface area contributed by atoms with Crippen molar-refractivity contribution in [2.45, 2.75) is 0 Å². The Morgan fingerprint density at radius 3 is 0.944 bits per heavy atom. The van der Waals surface area contributed by atoms with Crippen LogP contribution in [0.1, 0.15) is 0 Å². The van der Waals surface area contributed by atoms with Crippen molar-refractivity contribution in [3.05, 3.63) is 291 Å². The van der Waals surface area contributed by atoms with Crippen LogP contribution in [0.25, 0.3) is 44.5 Å². The lowest BCUT2D eigenvalue weighted by molar-refractivity contribution is 1.40. The fourth-order valence-electron chi connectivity index (χ4n) is 8.75. The molecule has 6 heteroatoms. The lowest BCUT2D eigenvalue weighted by atomic mass is 9.95. The highest BCUT2D eigenvalue weighted by Gasteiger charge is 2.24. The number of hydrogen-bond acceptors (Lipinski definition) is 4. The first kappa shape index (κ1) is 47.2. The predicted molar refractivity (Wildman–Crippen MR) is 316 cm³/mol. The maximum absolute atomic E-state index is 3.85. The van der Waals surface area contributed by atoms with Crippen LogP contribution in [-0.4, -0.2) is 0 Å². The molecule has 0 aliphatic carbocycles. The Bertz CT molecular complexity index is 3320. The van der Waals surface area contributed by atoms with Crippen LogP contribution in [-0.2, 0) is 0 Å². The summed E-state index contributed by atoms with van der Waals surface area (Å²) < 4.78 is 2.47. The molecule has 3 N–H and O–H groups in total. The van der Waals surface area contributed by atoms with Crippen LogP contribution in [0.2, 0.25) is 0 Å². The SMILES string of the molecule is Pc1ccc(PN(c2ccccc2)c2c(-c3ccccc3)ccc(-c3ccccc3)c2Nc2ccccc2)cc1.c1ccc(Nc2c(-c3ccccc3)ccc(-c3ccccc3)c2Nc2ccccc2)cc1. The zero-order valence-corrected chi connectivity index (χ0v) is 41.9. The summed E-state index contributed by atoms with van der Waals surface area (Å²) in [6, 6.07) is 102. The first-order chi connectivity index (χ1) is 35.6. The highest BCUT2D eigenvalue weighted by molar-refractivity contribution is 7.49. The van der Waals surface area contributed by atoms with E-state index < -0.39 is 0 Å². The van der Waals surface area contributed by atoms with Gasteiger partial charge in [0, 0.05) is 53.7 Å². The molecule has 4 nitrogen and oxygen atoms in total. The van der Waals surface area contributed by atoms with Crippen LogP contribution >= 0.6 is 18.0 Å². The fourth-order valence-corrected chi connectivity index (χ4v) is 10.1. The second-order valence-electron chi connectivity index (χ2n) is 17.1. The van der Waals surface area contributed by atoms with Gasteiger partial charge in [0.25, 0.3) is 0 Å². The van der Waals surface area contributed by atoms with Crippen LogP contribution in [0.5, 0.6) is 0 Å². The van der Waals surface area contributed by atoms with Gasteiger partial charge in [-0.05, 0) is 81.4 Å². The van der Waals surface area contributed by atoms with Gasteiger partial charge in [-0.2, -0.15) is 0 Å². The number of anilines is 8. The molecule has 72 heavy (non-hydrogen) atoms. The van der Waals surface area contributed by atoms with E-state index >= 15 is 0 Å². The molecule has 0 fully saturated rings. The summed E-state index contributed by atoms with van der Waals surface area (Å²) in [5.41, 5.74) is 17.9. The van der Waals surface area contributed by atoms with E-state index in [-0.39, 0.29) is 0 Å². The summed E-state index contributed by atoms with van der Waals surface area (Å²) in [5, 5.41) is 13.7. The van der Waals surface area contributed by atoms with Crippen molar-refractivity contribution in [2.24, 2.45) is 0 Å². The number of para-hydroxylation sites is 4. The van der Waals surface area contributed by atoms with Gasteiger partial charge < -0.3 is 20.6 Å². The second kappa shape index (κ2) is 23.4. The van der Waals surface area contributed by atoms with Gasteiger partial charge in [0.1, 0.15) is 0 Å². The van der Waals surface area contributed by atoms with Crippen molar-refractivity contribution < 1.29 is 0 Å². The van der Waals surface area contributed by atoms with Crippen molar-refractivity contribution in [1.82, 2.24) is 0 Å². The quantitative estimate of drug-likeness (QED) is 0.0950. The Kier molecular flexibility index (Phi) is 15.3. The first-order valence-electron chi connectivity index (χ1n) is 24.1. The van der Waals surface area contributed by atoms with Crippen molar-refractivity contribution in [3.8, 4) is 44.5 Å². The van der Waals surface area contributed by atoms with Crippen molar-refractivity contribution in [1.29, 1.82) is 0 Å². The maximum atomic E-state index is 3.85. The standard InChI is InChI=1S/C36H30N2P2.C30H24N2/c39-31-21-23-32(24-22-31)40-38(30-19-11-4-12-20-30)36-34(28-15-7-2-8-16-28)26-25-33(27-13-5-1-6-14-27)35(36)37-29-17-9-3-10-18-29;1-5-13-23(14-6-1)27-21-22-28(24-15-7-2-8-16-24)30(32-26-19-11-4-12-20-26)29(27)31-25-17-9-3-10-18-25/h1-26,37,40H,39H2;1-22,31-32H.